The number of amides is 1. The maximum Gasteiger partial charge on any atom is 0.283 e. The summed E-state index contributed by atoms with van der Waals surface area (Å²) in [5.41, 5.74) is -0.492. The van der Waals surface area contributed by atoms with Gasteiger partial charge in [-0.15, -0.1) is 5.10 Å². The van der Waals surface area contributed by atoms with Gasteiger partial charge in [-0.2, -0.15) is 11.8 Å². The van der Waals surface area contributed by atoms with Gasteiger partial charge in [0.05, 0.1) is 0 Å². The van der Waals surface area contributed by atoms with Crippen LogP contribution in [0.1, 0.15) is 21.8 Å². The minimum absolute atomic E-state index is 0.0260. The van der Waals surface area contributed by atoms with Crippen molar-refractivity contribution in [3.05, 3.63) is 10.6 Å². The van der Waals surface area contributed by atoms with Crippen LogP contribution in [-0.4, -0.2) is 45.0 Å². The second-order valence-electron chi connectivity index (χ2n) is 3.19. The van der Waals surface area contributed by atoms with Crippen molar-refractivity contribution >= 4 is 29.2 Å². The van der Waals surface area contributed by atoms with E-state index in [1.165, 1.54) is 0 Å². The number of carbonyl (C=O) groups is 1. The monoisotopic (exact) mass is 265 g/mol. The highest BCUT2D eigenvalue weighted by Gasteiger charge is 2.27. The predicted molar refractivity (Wildman–Crippen MR) is 58.1 cm³/mol. The van der Waals surface area contributed by atoms with Crippen molar-refractivity contribution in [1.29, 1.82) is 0 Å². The summed E-state index contributed by atoms with van der Waals surface area (Å²) in [6.45, 7) is 1.20. The van der Waals surface area contributed by atoms with Crippen molar-refractivity contribution in [2.45, 2.75) is 6.43 Å². The third-order valence-corrected chi connectivity index (χ3v) is 3.88. The lowest BCUT2D eigenvalue weighted by molar-refractivity contribution is 0.0764. The van der Waals surface area contributed by atoms with Gasteiger partial charge in [0.15, 0.2) is 5.69 Å². The number of thioether (sulfide) groups is 1. The van der Waals surface area contributed by atoms with Gasteiger partial charge in [0.1, 0.15) is 4.88 Å². The van der Waals surface area contributed by atoms with Gasteiger partial charge in [-0.05, 0) is 11.5 Å². The highest BCUT2D eigenvalue weighted by molar-refractivity contribution is 7.99. The summed E-state index contributed by atoms with van der Waals surface area (Å²) < 4.78 is 28.5. The Morgan fingerprint density at radius 1 is 1.38 bits per heavy atom. The number of hydrogen-bond acceptors (Lipinski definition) is 5. The van der Waals surface area contributed by atoms with Gasteiger partial charge in [0.2, 0.25) is 0 Å². The molecule has 0 aromatic carbocycles. The molecule has 1 aromatic heterocycles. The summed E-state index contributed by atoms with van der Waals surface area (Å²) >= 11 is 2.49. The number of aromatic nitrogens is 2. The Bertz CT molecular complexity index is 379. The van der Waals surface area contributed by atoms with Crippen LogP contribution in [0.2, 0.25) is 0 Å². The Balaban J connectivity index is 2.16. The molecule has 1 fully saturated rings. The standard InChI is InChI=1S/C8H9F2N3OS2/c9-7(10)5-6(16-12-11-5)8(14)13-1-3-15-4-2-13/h7H,1-4H2. The zero-order valence-electron chi connectivity index (χ0n) is 8.23. The largest absolute Gasteiger partial charge is 0.336 e. The SMILES string of the molecule is O=C(c1snnc1C(F)F)N1CCSCC1. The van der Waals surface area contributed by atoms with Crippen molar-refractivity contribution in [2.75, 3.05) is 24.6 Å². The Morgan fingerprint density at radius 2 is 2.06 bits per heavy atom. The number of carbonyl (C=O) groups excluding carboxylic acids is 1. The number of alkyl halides is 2. The van der Waals surface area contributed by atoms with E-state index in [1.54, 1.807) is 16.7 Å². The molecule has 0 unspecified atom stereocenters. The summed E-state index contributed by atoms with van der Waals surface area (Å²) in [6, 6.07) is 0. The molecule has 0 atom stereocenters. The summed E-state index contributed by atoms with van der Waals surface area (Å²) in [5, 5.41) is 3.30. The molecule has 0 spiro atoms. The van der Waals surface area contributed by atoms with Crippen molar-refractivity contribution in [3.8, 4) is 0 Å². The molecule has 1 saturated heterocycles. The maximum atomic E-state index is 12.5. The highest BCUT2D eigenvalue weighted by atomic mass is 32.2. The number of rotatable bonds is 2. The summed E-state index contributed by atoms with van der Waals surface area (Å²) in [7, 11) is 0. The van der Waals surface area contributed by atoms with E-state index in [2.05, 4.69) is 9.59 Å². The molecular weight excluding hydrogens is 256 g/mol. The molecule has 0 N–H and O–H groups in total. The van der Waals surface area contributed by atoms with E-state index in [4.69, 9.17) is 0 Å². The molecule has 1 amide bonds. The molecule has 0 radical (unpaired) electrons. The fourth-order valence-electron chi connectivity index (χ4n) is 1.40. The first kappa shape index (κ1) is 11.7. The van der Waals surface area contributed by atoms with E-state index in [-0.39, 0.29) is 10.8 Å². The second kappa shape index (κ2) is 5.05. The Kier molecular flexibility index (Phi) is 3.70. The lowest BCUT2D eigenvalue weighted by Gasteiger charge is -2.25. The van der Waals surface area contributed by atoms with E-state index in [0.29, 0.717) is 13.1 Å². The van der Waals surface area contributed by atoms with Gasteiger partial charge < -0.3 is 4.90 Å². The first-order valence-corrected chi connectivity index (χ1v) is 6.60. The molecule has 0 saturated carbocycles. The van der Waals surface area contributed by atoms with E-state index < -0.39 is 12.1 Å². The van der Waals surface area contributed by atoms with Crippen LogP contribution in [0.3, 0.4) is 0 Å². The Labute approximate surface area is 99.2 Å². The fourth-order valence-corrected chi connectivity index (χ4v) is 2.94. The van der Waals surface area contributed by atoms with Crippen LogP contribution in [0, 0.1) is 0 Å². The molecule has 1 aliphatic heterocycles. The smallest absolute Gasteiger partial charge is 0.283 e. The van der Waals surface area contributed by atoms with Gasteiger partial charge in [0.25, 0.3) is 12.3 Å². The molecule has 88 valence electrons. The summed E-state index contributed by atoms with van der Waals surface area (Å²) in [5.74, 6) is 1.33. The second-order valence-corrected chi connectivity index (χ2v) is 5.17. The lowest BCUT2D eigenvalue weighted by atomic mass is 10.3. The first-order valence-electron chi connectivity index (χ1n) is 4.67. The van der Waals surface area contributed by atoms with Gasteiger partial charge in [-0.3, -0.25) is 4.79 Å². The Hall–Kier alpha value is -0.760. The van der Waals surface area contributed by atoms with Gasteiger partial charge in [0, 0.05) is 24.6 Å². The molecule has 0 aliphatic carbocycles. The zero-order chi connectivity index (χ0) is 11.5. The molecule has 8 heteroatoms. The van der Waals surface area contributed by atoms with E-state index in [9.17, 15) is 13.6 Å². The predicted octanol–water partition coefficient (Wildman–Crippen LogP) is 1.66. The van der Waals surface area contributed by atoms with Crippen LogP contribution in [0.25, 0.3) is 0 Å². The molecule has 2 rings (SSSR count). The molecule has 0 bridgehead atoms. The topological polar surface area (TPSA) is 46.1 Å². The minimum atomic E-state index is -2.74. The van der Waals surface area contributed by atoms with E-state index in [1.807, 2.05) is 0 Å². The normalized spacial score (nSPS) is 16.8. The number of nitrogens with zero attached hydrogens (tertiary/aromatic N) is 3. The summed E-state index contributed by atoms with van der Waals surface area (Å²) in [6.07, 6.45) is -2.74. The summed E-state index contributed by atoms with van der Waals surface area (Å²) in [4.78, 5) is 13.5. The number of hydrogen-bond donors (Lipinski definition) is 0. The van der Waals surface area contributed by atoms with Gasteiger partial charge >= 0.3 is 0 Å². The van der Waals surface area contributed by atoms with Crippen molar-refractivity contribution in [3.63, 3.8) is 0 Å². The first-order chi connectivity index (χ1) is 7.70. The third-order valence-electron chi connectivity index (χ3n) is 2.21. The van der Waals surface area contributed by atoms with Crippen LogP contribution in [0.15, 0.2) is 0 Å². The van der Waals surface area contributed by atoms with Crippen LogP contribution in [0.4, 0.5) is 8.78 Å². The maximum absolute atomic E-state index is 12.5. The van der Waals surface area contributed by atoms with Crippen LogP contribution in [-0.2, 0) is 0 Å². The van der Waals surface area contributed by atoms with E-state index in [0.717, 1.165) is 23.0 Å². The average Bonchev–Trinajstić information content (AvgIpc) is 2.78. The number of halogens is 2. The molecule has 1 aromatic rings. The fraction of sp³-hybridized carbons (Fsp3) is 0.625. The van der Waals surface area contributed by atoms with Gasteiger partial charge in [-0.1, -0.05) is 4.49 Å². The van der Waals surface area contributed by atoms with Crippen LogP contribution >= 0.6 is 23.3 Å². The zero-order valence-corrected chi connectivity index (χ0v) is 9.86. The van der Waals surface area contributed by atoms with Gasteiger partial charge in [-0.25, -0.2) is 8.78 Å². The molecule has 16 heavy (non-hydrogen) atoms. The van der Waals surface area contributed by atoms with Crippen molar-refractivity contribution < 1.29 is 13.6 Å². The molecule has 1 aliphatic rings. The van der Waals surface area contributed by atoms with Crippen LogP contribution < -0.4 is 0 Å². The molecule has 4 nitrogen and oxygen atoms in total. The van der Waals surface area contributed by atoms with Crippen LogP contribution in [0.5, 0.6) is 0 Å². The molecular formula is C8H9F2N3OS2. The minimum Gasteiger partial charge on any atom is -0.336 e. The quantitative estimate of drug-likeness (QED) is 0.816. The average molecular weight is 265 g/mol. The van der Waals surface area contributed by atoms with Crippen molar-refractivity contribution in [2.24, 2.45) is 0 Å². The molecule has 2 heterocycles. The lowest BCUT2D eigenvalue weighted by Crippen LogP contribution is -2.37. The van der Waals surface area contributed by atoms with Crippen molar-refractivity contribution in [1.82, 2.24) is 14.5 Å². The highest BCUT2D eigenvalue weighted by Crippen LogP contribution is 2.25. The Morgan fingerprint density at radius 3 is 2.69 bits per heavy atom. The third kappa shape index (κ3) is 2.32. The van der Waals surface area contributed by atoms with E-state index >= 15 is 0 Å².